The van der Waals surface area contributed by atoms with Gasteiger partial charge in [-0.05, 0) is 53.3 Å². The molecule has 0 aliphatic rings. The molecule has 0 saturated heterocycles. The summed E-state index contributed by atoms with van der Waals surface area (Å²) < 4.78 is 5.77. The number of ether oxygens (including phenoxy) is 1. The number of rotatable bonds is 6. The van der Waals surface area contributed by atoms with Crippen LogP contribution in [0.5, 0.6) is 5.75 Å². The average molecular weight is 323 g/mol. The van der Waals surface area contributed by atoms with Gasteiger partial charge in [0.15, 0.2) is 0 Å². The van der Waals surface area contributed by atoms with Crippen molar-refractivity contribution in [3.05, 3.63) is 56.7 Å². The Bertz CT molecular complexity index is 661. The Morgan fingerprint density at radius 2 is 2.24 bits per heavy atom. The Balaban J connectivity index is 2.07. The highest BCUT2D eigenvalue weighted by atomic mass is 35.5. The summed E-state index contributed by atoms with van der Waals surface area (Å²) in [5.74, 6) is -0.198. The smallest absolute Gasteiger partial charge is 0.328 e. The molecule has 110 valence electrons. The molecule has 0 amide bonds. The molecule has 1 heterocycles. The van der Waals surface area contributed by atoms with Gasteiger partial charge in [0, 0.05) is 16.0 Å². The van der Waals surface area contributed by atoms with E-state index in [1.807, 2.05) is 36.6 Å². The standard InChI is InChI=1S/C16H15ClO3S/c1-2-11-9-13(4-5-14(11)17)20-10-15-12(7-8-21-15)3-6-16(18)19/h3-9H,2,10H2,1H3,(H,18,19). The van der Waals surface area contributed by atoms with Crippen LogP contribution in [0.25, 0.3) is 6.08 Å². The zero-order valence-electron chi connectivity index (χ0n) is 11.5. The van der Waals surface area contributed by atoms with E-state index in [4.69, 9.17) is 21.4 Å². The van der Waals surface area contributed by atoms with Gasteiger partial charge < -0.3 is 9.84 Å². The molecule has 0 aliphatic heterocycles. The number of carboxylic acid groups (broad SMARTS) is 1. The second-order valence-electron chi connectivity index (χ2n) is 4.37. The van der Waals surface area contributed by atoms with Gasteiger partial charge in [0.05, 0.1) is 0 Å². The zero-order valence-corrected chi connectivity index (χ0v) is 13.1. The van der Waals surface area contributed by atoms with E-state index in [9.17, 15) is 4.79 Å². The van der Waals surface area contributed by atoms with Crippen molar-refractivity contribution in [1.82, 2.24) is 0 Å². The van der Waals surface area contributed by atoms with Gasteiger partial charge in [-0.2, -0.15) is 0 Å². The first-order valence-corrected chi connectivity index (χ1v) is 7.74. The Morgan fingerprint density at radius 1 is 1.43 bits per heavy atom. The lowest BCUT2D eigenvalue weighted by molar-refractivity contribution is -0.131. The lowest BCUT2D eigenvalue weighted by atomic mass is 10.1. The van der Waals surface area contributed by atoms with Gasteiger partial charge in [0.25, 0.3) is 0 Å². The fourth-order valence-electron chi connectivity index (χ4n) is 1.84. The van der Waals surface area contributed by atoms with Crippen LogP contribution in [0.3, 0.4) is 0 Å². The minimum atomic E-state index is -0.960. The zero-order chi connectivity index (χ0) is 15.2. The van der Waals surface area contributed by atoms with Crippen LogP contribution in [-0.4, -0.2) is 11.1 Å². The minimum absolute atomic E-state index is 0.405. The van der Waals surface area contributed by atoms with Gasteiger partial charge in [-0.3, -0.25) is 0 Å². The molecular weight excluding hydrogens is 308 g/mol. The summed E-state index contributed by atoms with van der Waals surface area (Å²) in [5.41, 5.74) is 1.92. The van der Waals surface area contributed by atoms with Crippen molar-refractivity contribution in [2.24, 2.45) is 0 Å². The number of hydrogen-bond acceptors (Lipinski definition) is 3. The van der Waals surface area contributed by atoms with Gasteiger partial charge >= 0.3 is 5.97 Å². The number of aryl methyl sites for hydroxylation is 1. The Labute approximate surface area is 132 Å². The Hall–Kier alpha value is -1.78. The SMILES string of the molecule is CCc1cc(OCc2sccc2C=CC(=O)O)ccc1Cl. The van der Waals surface area contributed by atoms with E-state index in [-0.39, 0.29) is 0 Å². The summed E-state index contributed by atoms with van der Waals surface area (Å²) in [6, 6.07) is 7.47. The van der Waals surface area contributed by atoms with E-state index in [2.05, 4.69) is 0 Å². The monoisotopic (exact) mass is 322 g/mol. The molecule has 21 heavy (non-hydrogen) atoms. The number of benzene rings is 1. The van der Waals surface area contributed by atoms with Crippen LogP contribution in [0.2, 0.25) is 5.02 Å². The molecule has 0 atom stereocenters. The molecule has 0 unspecified atom stereocenters. The van der Waals surface area contributed by atoms with Crippen LogP contribution < -0.4 is 4.74 Å². The predicted molar refractivity (Wildman–Crippen MR) is 86.2 cm³/mol. The number of hydrogen-bond donors (Lipinski definition) is 1. The second-order valence-corrected chi connectivity index (χ2v) is 5.77. The average Bonchev–Trinajstić information content (AvgIpc) is 2.91. The fourth-order valence-corrected chi connectivity index (χ4v) is 2.87. The quantitative estimate of drug-likeness (QED) is 0.788. The maximum Gasteiger partial charge on any atom is 0.328 e. The maximum atomic E-state index is 10.6. The van der Waals surface area contributed by atoms with Crippen LogP contribution in [0, 0.1) is 0 Å². The molecule has 3 nitrogen and oxygen atoms in total. The van der Waals surface area contributed by atoms with Crippen molar-refractivity contribution in [1.29, 1.82) is 0 Å². The fraction of sp³-hybridized carbons (Fsp3) is 0.188. The molecule has 2 aromatic rings. The number of carboxylic acids is 1. The van der Waals surface area contributed by atoms with E-state index < -0.39 is 5.97 Å². The molecule has 1 N–H and O–H groups in total. The molecule has 0 bridgehead atoms. The number of carbonyl (C=O) groups is 1. The third-order valence-electron chi connectivity index (χ3n) is 2.95. The summed E-state index contributed by atoms with van der Waals surface area (Å²) in [7, 11) is 0. The molecule has 1 aromatic heterocycles. The largest absolute Gasteiger partial charge is 0.488 e. The summed E-state index contributed by atoms with van der Waals surface area (Å²) in [4.78, 5) is 11.5. The lowest BCUT2D eigenvalue weighted by Crippen LogP contribution is -1.96. The summed E-state index contributed by atoms with van der Waals surface area (Å²) in [5, 5.41) is 11.3. The highest BCUT2D eigenvalue weighted by Gasteiger charge is 2.05. The van der Waals surface area contributed by atoms with Crippen molar-refractivity contribution >= 4 is 35.0 Å². The van der Waals surface area contributed by atoms with Crippen molar-refractivity contribution in [2.45, 2.75) is 20.0 Å². The number of thiophene rings is 1. The van der Waals surface area contributed by atoms with E-state index in [1.54, 1.807) is 6.08 Å². The summed E-state index contributed by atoms with van der Waals surface area (Å²) >= 11 is 7.61. The lowest BCUT2D eigenvalue weighted by Gasteiger charge is -2.08. The van der Waals surface area contributed by atoms with Crippen LogP contribution in [0.4, 0.5) is 0 Å². The van der Waals surface area contributed by atoms with E-state index >= 15 is 0 Å². The van der Waals surface area contributed by atoms with Crippen molar-refractivity contribution in [2.75, 3.05) is 0 Å². The summed E-state index contributed by atoms with van der Waals surface area (Å²) in [6.07, 6.45) is 3.56. The molecule has 0 fully saturated rings. The first-order valence-electron chi connectivity index (χ1n) is 6.48. The maximum absolute atomic E-state index is 10.6. The van der Waals surface area contributed by atoms with Crippen molar-refractivity contribution < 1.29 is 14.6 Å². The van der Waals surface area contributed by atoms with Crippen molar-refractivity contribution in [3.63, 3.8) is 0 Å². The second kappa shape index (κ2) is 7.29. The molecule has 0 radical (unpaired) electrons. The highest BCUT2D eigenvalue weighted by Crippen LogP contribution is 2.25. The topological polar surface area (TPSA) is 46.5 Å². The van der Waals surface area contributed by atoms with Gasteiger partial charge in [0.1, 0.15) is 12.4 Å². The molecule has 2 rings (SSSR count). The molecule has 0 spiro atoms. The van der Waals surface area contributed by atoms with Crippen LogP contribution >= 0.6 is 22.9 Å². The molecule has 0 saturated carbocycles. The molecule has 0 aliphatic carbocycles. The normalized spacial score (nSPS) is 11.0. The molecule has 5 heteroatoms. The van der Waals surface area contributed by atoms with Gasteiger partial charge in [0.2, 0.25) is 0 Å². The third-order valence-corrected chi connectivity index (χ3v) is 4.23. The van der Waals surface area contributed by atoms with Gasteiger partial charge in [-0.15, -0.1) is 11.3 Å². The first kappa shape index (κ1) is 15.6. The predicted octanol–water partition coefficient (Wildman–Crippen LogP) is 4.64. The summed E-state index contributed by atoms with van der Waals surface area (Å²) in [6.45, 7) is 2.45. The van der Waals surface area contributed by atoms with E-state index in [1.165, 1.54) is 11.3 Å². The minimum Gasteiger partial charge on any atom is -0.488 e. The van der Waals surface area contributed by atoms with Crippen molar-refractivity contribution in [3.8, 4) is 5.75 Å². The van der Waals surface area contributed by atoms with Crippen LogP contribution in [0.1, 0.15) is 22.9 Å². The van der Waals surface area contributed by atoms with Gasteiger partial charge in [-0.25, -0.2) is 4.79 Å². The third kappa shape index (κ3) is 4.34. The molecule has 1 aromatic carbocycles. The van der Waals surface area contributed by atoms with Crippen LogP contribution in [-0.2, 0) is 17.8 Å². The van der Waals surface area contributed by atoms with E-state index in [0.717, 1.165) is 39.3 Å². The van der Waals surface area contributed by atoms with Crippen LogP contribution in [0.15, 0.2) is 35.7 Å². The molecular formula is C16H15ClO3S. The number of halogens is 1. The van der Waals surface area contributed by atoms with E-state index in [0.29, 0.717) is 6.61 Å². The van der Waals surface area contributed by atoms with Gasteiger partial charge in [-0.1, -0.05) is 18.5 Å². The Kier molecular flexibility index (Phi) is 5.42. The Morgan fingerprint density at radius 3 is 2.95 bits per heavy atom. The number of aliphatic carboxylic acids is 1. The highest BCUT2D eigenvalue weighted by molar-refractivity contribution is 7.10. The first-order chi connectivity index (χ1) is 10.1.